The molecule has 0 amide bonds. The predicted molar refractivity (Wildman–Crippen MR) is 93.1 cm³/mol. The van der Waals surface area contributed by atoms with Crippen LogP contribution in [0.3, 0.4) is 0 Å². The zero-order chi connectivity index (χ0) is 21.8. The molecule has 0 aliphatic carbocycles. The van der Waals surface area contributed by atoms with Gasteiger partial charge in [-0.3, -0.25) is 0 Å². The van der Waals surface area contributed by atoms with Crippen LogP contribution in [0.2, 0.25) is 0 Å². The van der Waals surface area contributed by atoms with E-state index in [1.54, 1.807) is 6.07 Å². The normalized spacial score (nSPS) is 10.3. The first-order valence-electron chi connectivity index (χ1n) is 7.36. The fourth-order valence-corrected chi connectivity index (χ4v) is 2.35. The van der Waals surface area contributed by atoms with E-state index in [4.69, 9.17) is 20.5 Å². The van der Waals surface area contributed by atoms with Gasteiger partial charge >= 0.3 is 6.18 Å². The number of allylic oxidation sites excluding steroid dienone is 2. The van der Waals surface area contributed by atoms with E-state index in [0.29, 0.717) is 0 Å². The summed E-state index contributed by atoms with van der Waals surface area (Å²) < 4.78 is 71.2. The van der Waals surface area contributed by atoms with Gasteiger partial charge in [0.1, 0.15) is 29.7 Å². The van der Waals surface area contributed by atoms with Crippen LogP contribution in [0.15, 0.2) is 46.1 Å². The lowest BCUT2D eigenvalue weighted by Gasteiger charge is -2.14. The molecule has 0 radical (unpaired) electrons. The predicted octanol–water partition coefficient (Wildman–Crippen LogP) is 5.78. The average Bonchev–Trinajstić information content (AvgIpc) is 2.65. The maximum atomic E-state index is 14.0. The summed E-state index contributed by atoms with van der Waals surface area (Å²) in [6, 6.07) is 8.75. The molecule has 0 aromatic heterocycles. The molecule has 0 heterocycles. The van der Waals surface area contributed by atoms with Gasteiger partial charge in [0, 0.05) is 11.8 Å². The van der Waals surface area contributed by atoms with E-state index in [9.17, 15) is 22.0 Å². The van der Waals surface area contributed by atoms with Gasteiger partial charge < -0.3 is 10.1 Å². The van der Waals surface area contributed by atoms with Gasteiger partial charge in [-0.2, -0.15) is 29.0 Å². The molecule has 0 saturated heterocycles. The lowest BCUT2D eigenvalue weighted by Crippen LogP contribution is -2.07. The topological polar surface area (TPSA) is 92.6 Å². The maximum Gasteiger partial charge on any atom is 0.416 e. The Hall–Kier alpha value is -3.62. The Morgan fingerprint density at radius 3 is 2.03 bits per heavy atom. The van der Waals surface area contributed by atoms with Crippen LogP contribution in [-0.2, 0) is 6.18 Å². The fourth-order valence-electron chi connectivity index (χ4n) is 2.02. The van der Waals surface area contributed by atoms with E-state index in [1.165, 1.54) is 24.3 Å². The molecule has 0 spiro atoms. The summed E-state index contributed by atoms with van der Waals surface area (Å²) in [5.41, 5.74) is -2.29. The smallest absolute Gasteiger partial charge is 0.416 e. The molecule has 0 saturated carbocycles. The largest absolute Gasteiger partial charge is 0.450 e. The van der Waals surface area contributed by atoms with Crippen molar-refractivity contribution in [3.05, 3.63) is 63.3 Å². The molecule has 146 valence electrons. The summed E-state index contributed by atoms with van der Waals surface area (Å²) in [6.07, 6.45) is -4.94. The standard InChI is InChI=1S/C18H6BrF5N4O/c19-12-2-1-11(28-15(8-27)9(6-25)7-26)5-16(12)29-17-13(20)3-10(4-14(17)21)18(22,23)24/h1-5,28H. The van der Waals surface area contributed by atoms with Crippen molar-refractivity contribution < 1.29 is 26.7 Å². The number of hydrogen-bond donors (Lipinski definition) is 1. The highest BCUT2D eigenvalue weighted by molar-refractivity contribution is 9.10. The van der Waals surface area contributed by atoms with Crippen molar-refractivity contribution in [2.45, 2.75) is 6.18 Å². The summed E-state index contributed by atoms with van der Waals surface area (Å²) in [5.74, 6) is -4.42. The molecule has 1 N–H and O–H groups in total. The molecule has 0 fully saturated rings. The molecule has 0 bridgehead atoms. The molecule has 0 aliphatic heterocycles. The van der Waals surface area contributed by atoms with E-state index in [0.717, 1.165) is 6.07 Å². The van der Waals surface area contributed by atoms with Crippen LogP contribution in [0.4, 0.5) is 27.6 Å². The van der Waals surface area contributed by atoms with Crippen molar-refractivity contribution in [2.75, 3.05) is 5.32 Å². The van der Waals surface area contributed by atoms with Gasteiger partial charge in [0.25, 0.3) is 0 Å². The summed E-state index contributed by atoms with van der Waals surface area (Å²) in [7, 11) is 0. The Morgan fingerprint density at radius 1 is 0.966 bits per heavy atom. The number of rotatable bonds is 4. The van der Waals surface area contributed by atoms with Crippen LogP contribution in [0.5, 0.6) is 11.5 Å². The van der Waals surface area contributed by atoms with Crippen molar-refractivity contribution in [3.8, 4) is 29.7 Å². The van der Waals surface area contributed by atoms with Crippen LogP contribution in [0, 0.1) is 45.6 Å². The van der Waals surface area contributed by atoms with Gasteiger partial charge in [-0.1, -0.05) is 0 Å². The molecule has 0 atom stereocenters. The minimum absolute atomic E-state index is 0.0943. The molecule has 0 aliphatic rings. The van der Waals surface area contributed by atoms with E-state index < -0.39 is 34.7 Å². The van der Waals surface area contributed by atoms with Gasteiger partial charge in [-0.05, 0) is 40.2 Å². The molecular weight excluding hydrogens is 463 g/mol. The zero-order valence-electron chi connectivity index (χ0n) is 13.9. The molecule has 2 aromatic carbocycles. The lowest BCUT2D eigenvalue weighted by molar-refractivity contribution is -0.138. The first-order valence-corrected chi connectivity index (χ1v) is 8.15. The Labute approximate surface area is 169 Å². The third-order valence-corrected chi connectivity index (χ3v) is 3.98. The molecule has 0 unspecified atom stereocenters. The third kappa shape index (κ3) is 5.01. The Kier molecular flexibility index (Phi) is 6.42. The second-order valence-electron chi connectivity index (χ2n) is 5.22. The zero-order valence-corrected chi connectivity index (χ0v) is 15.5. The lowest BCUT2D eigenvalue weighted by atomic mass is 10.2. The van der Waals surface area contributed by atoms with Crippen molar-refractivity contribution in [2.24, 2.45) is 0 Å². The van der Waals surface area contributed by atoms with Gasteiger partial charge in [0.05, 0.1) is 10.0 Å². The van der Waals surface area contributed by atoms with Crippen LogP contribution < -0.4 is 10.1 Å². The maximum absolute atomic E-state index is 14.0. The third-order valence-electron chi connectivity index (χ3n) is 3.32. The molecule has 2 aromatic rings. The van der Waals surface area contributed by atoms with E-state index in [2.05, 4.69) is 21.2 Å². The second kappa shape index (κ2) is 8.59. The minimum Gasteiger partial charge on any atom is -0.450 e. The summed E-state index contributed by atoms with van der Waals surface area (Å²) in [4.78, 5) is 0. The summed E-state index contributed by atoms with van der Waals surface area (Å²) in [6.45, 7) is 0. The van der Waals surface area contributed by atoms with Crippen LogP contribution in [0.25, 0.3) is 0 Å². The minimum atomic E-state index is -4.94. The Balaban J connectivity index is 2.43. The number of nitrogens with zero attached hydrogens (tertiary/aromatic N) is 3. The fraction of sp³-hybridized carbons (Fsp3) is 0.0556. The number of hydrogen-bond acceptors (Lipinski definition) is 5. The van der Waals surface area contributed by atoms with Crippen molar-refractivity contribution in [3.63, 3.8) is 0 Å². The van der Waals surface area contributed by atoms with Crippen molar-refractivity contribution >= 4 is 21.6 Å². The van der Waals surface area contributed by atoms with Gasteiger partial charge in [-0.25, -0.2) is 8.78 Å². The van der Waals surface area contributed by atoms with Gasteiger partial charge in [0.15, 0.2) is 23.0 Å². The highest BCUT2D eigenvalue weighted by Gasteiger charge is 2.33. The summed E-state index contributed by atoms with van der Waals surface area (Å²) >= 11 is 3.06. The highest BCUT2D eigenvalue weighted by Crippen LogP contribution is 2.38. The van der Waals surface area contributed by atoms with Crippen LogP contribution >= 0.6 is 15.9 Å². The summed E-state index contributed by atoms with van der Waals surface area (Å²) in [5, 5.41) is 29.2. The quantitative estimate of drug-likeness (QED) is 0.453. The first-order chi connectivity index (χ1) is 13.6. The first kappa shape index (κ1) is 21.7. The number of anilines is 1. The van der Waals surface area contributed by atoms with E-state index >= 15 is 0 Å². The van der Waals surface area contributed by atoms with Gasteiger partial charge in [-0.15, -0.1) is 0 Å². The van der Waals surface area contributed by atoms with E-state index in [1.807, 2.05) is 0 Å². The number of nitriles is 3. The van der Waals surface area contributed by atoms with Crippen LogP contribution in [-0.4, -0.2) is 0 Å². The number of alkyl halides is 3. The molecule has 11 heteroatoms. The molecular formula is C18H6BrF5N4O. The second-order valence-corrected chi connectivity index (χ2v) is 6.08. The molecule has 2 rings (SSSR count). The number of halogens is 6. The molecule has 5 nitrogen and oxygen atoms in total. The van der Waals surface area contributed by atoms with Gasteiger partial charge in [0.2, 0.25) is 0 Å². The number of benzene rings is 2. The average molecular weight is 469 g/mol. The number of nitrogens with one attached hydrogen (secondary N) is 1. The monoisotopic (exact) mass is 468 g/mol. The number of ether oxygens (including phenoxy) is 1. The SMILES string of the molecule is N#CC(C#N)=C(C#N)Nc1ccc(Br)c(Oc2c(F)cc(C(F)(F)F)cc2F)c1. The Bertz CT molecular complexity index is 1080. The van der Waals surface area contributed by atoms with Crippen LogP contribution in [0.1, 0.15) is 5.56 Å². The van der Waals surface area contributed by atoms with Crippen molar-refractivity contribution in [1.82, 2.24) is 0 Å². The molecule has 29 heavy (non-hydrogen) atoms. The van der Waals surface area contributed by atoms with Crippen molar-refractivity contribution in [1.29, 1.82) is 15.8 Å². The Morgan fingerprint density at radius 2 is 1.55 bits per heavy atom. The van der Waals surface area contributed by atoms with E-state index in [-0.39, 0.29) is 33.7 Å². The highest BCUT2D eigenvalue weighted by atomic mass is 79.9.